The summed E-state index contributed by atoms with van der Waals surface area (Å²) in [6, 6.07) is 24.8. The average Bonchev–Trinajstić information content (AvgIpc) is 2.86. The Balaban J connectivity index is 1.66. The third-order valence-corrected chi connectivity index (χ3v) is 6.34. The van der Waals surface area contributed by atoms with Crippen molar-refractivity contribution in [2.45, 2.75) is 32.0 Å². The molecule has 0 bridgehead atoms. The van der Waals surface area contributed by atoms with Gasteiger partial charge in [-0.25, -0.2) is 0 Å². The van der Waals surface area contributed by atoms with Crippen LogP contribution in [0.4, 0.5) is 5.69 Å². The molecule has 5 nitrogen and oxygen atoms in total. The minimum absolute atomic E-state index is 0.136. The molecule has 0 spiro atoms. The zero-order valence-corrected chi connectivity index (χ0v) is 20.4. The molecule has 0 N–H and O–H groups in total. The number of alkyl halides is 1. The molecule has 4 rings (SSSR count). The summed E-state index contributed by atoms with van der Waals surface area (Å²) in [6.45, 7) is 0.925. The Bertz CT molecular complexity index is 1140. The van der Waals surface area contributed by atoms with Crippen molar-refractivity contribution in [3.63, 3.8) is 0 Å². The second kappa shape index (κ2) is 11.2. The van der Waals surface area contributed by atoms with Gasteiger partial charge in [0.2, 0.25) is 6.10 Å². The first-order chi connectivity index (χ1) is 16.2. The molecule has 1 amide bonds. The number of halogens is 1. The lowest BCUT2D eigenvalue weighted by Gasteiger charge is -2.35. The highest BCUT2D eigenvalue weighted by atomic mass is 127. The van der Waals surface area contributed by atoms with Gasteiger partial charge in [-0.15, -0.1) is 0 Å². The largest absolute Gasteiger partial charge is 0.487 e. The van der Waals surface area contributed by atoms with Crippen LogP contribution in [0.5, 0.6) is 11.5 Å². The van der Waals surface area contributed by atoms with Crippen LogP contribution in [0.1, 0.15) is 42.1 Å². The summed E-state index contributed by atoms with van der Waals surface area (Å²) in [5.74, 6) is 0.918. The molecular weight excluding hydrogens is 527 g/mol. The van der Waals surface area contributed by atoms with Crippen molar-refractivity contribution in [1.29, 1.82) is 5.26 Å². The van der Waals surface area contributed by atoms with Crippen molar-refractivity contribution in [3.8, 4) is 17.6 Å². The summed E-state index contributed by atoms with van der Waals surface area (Å²) in [5, 5.41) is 9.71. The highest BCUT2D eigenvalue weighted by molar-refractivity contribution is 14.1. The van der Waals surface area contributed by atoms with Gasteiger partial charge in [-0.3, -0.25) is 4.79 Å². The average molecular weight is 552 g/mol. The lowest BCUT2D eigenvalue weighted by atomic mass is 10.0. The van der Waals surface area contributed by atoms with E-state index in [-0.39, 0.29) is 5.91 Å². The van der Waals surface area contributed by atoms with E-state index in [1.54, 1.807) is 12.1 Å². The van der Waals surface area contributed by atoms with Crippen LogP contribution < -0.4 is 14.4 Å². The summed E-state index contributed by atoms with van der Waals surface area (Å²) in [6.07, 6.45) is 2.25. The maximum Gasteiger partial charge on any atom is 0.273 e. The fraction of sp³-hybridized carbons (Fsp3) is 0.259. The summed E-state index contributed by atoms with van der Waals surface area (Å²) in [5.41, 5.74) is 2.72. The molecule has 0 fully saturated rings. The minimum atomic E-state index is -0.872. The van der Waals surface area contributed by atoms with E-state index < -0.39 is 6.10 Å². The molecule has 1 heterocycles. The topological polar surface area (TPSA) is 62.6 Å². The first kappa shape index (κ1) is 23.1. The quantitative estimate of drug-likeness (QED) is 0.180. The van der Waals surface area contributed by atoms with E-state index >= 15 is 0 Å². The van der Waals surface area contributed by atoms with Gasteiger partial charge in [-0.1, -0.05) is 83.6 Å². The third-order valence-electron chi connectivity index (χ3n) is 5.58. The van der Waals surface area contributed by atoms with Crippen LogP contribution in [-0.2, 0) is 11.4 Å². The summed E-state index contributed by atoms with van der Waals surface area (Å²) in [4.78, 5) is 15.5. The number of nitrogens with zero attached hydrogens (tertiary/aromatic N) is 2. The summed E-state index contributed by atoms with van der Waals surface area (Å²) < 4.78 is 13.4. The number of carbonyl (C=O) groups is 1. The number of carbonyl (C=O) groups excluding carboxylic acids is 1. The maximum atomic E-state index is 13.6. The summed E-state index contributed by atoms with van der Waals surface area (Å²) in [7, 11) is 0. The van der Waals surface area contributed by atoms with Crippen molar-refractivity contribution in [2.75, 3.05) is 15.9 Å². The Morgan fingerprint density at radius 3 is 2.55 bits per heavy atom. The Hall–Kier alpha value is -3.05. The fourth-order valence-electron chi connectivity index (χ4n) is 3.93. The van der Waals surface area contributed by atoms with Crippen LogP contribution in [0.2, 0.25) is 0 Å². The van der Waals surface area contributed by atoms with Crippen LogP contribution in [-0.4, -0.2) is 16.9 Å². The molecule has 0 aromatic heterocycles. The van der Waals surface area contributed by atoms with Crippen molar-refractivity contribution in [2.24, 2.45) is 0 Å². The molecule has 0 unspecified atom stereocenters. The molecule has 0 saturated heterocycles. The van der Waals surface area contributed by atoms with E-state index in [0.717, 1.165) is 34.9 Å². The second-order valence-corrected chi connectivity index (χ2v) is 8.89. The number of amides is 1. The van der Waals surface area contributed by atoms with Crippen LogP contribution in [0.25, 0.3) is 0 Å². The predicted octanol–water partition coefficient (Wildman–Crippen LogP) is 6.21. The van der Waals surface area contributed by atoms with Gasteiger partial charge in [-0.2, -0.15) is 5.26 Å². The molecule has 0 aliphatic carbocycles. The van der Waals surface area contributed by atoms with Gasteiger partial charge in [0, 0.05) is 12.1 Å². The number of hydrogen-bond acceptors (Lipinski definition) is 4. The molecule has 0 saturated carbocycles. The molecular formula is C27H25IN2O3. The van der Waals surface area contributed by atoms with E-state index in [4.69, 9.17) is 9.47 Å². The maximum absolute atomic E-state index is 13.6. The number of para-hydroxylation sites is 3. The van der Waals surface area contributed by atoms with Crippen molar-refractivity contribution in [1.82, 2.24) is 0 Å². The van der Waals surface area contributed by atoms with Crippen LogP contribution >= 0.6 is 22.6 Å². The summed E-state index contributed by atoms with van der Waals surface area (Å²) >= 11 is 2.38. The van der Waals surface area contributed by atoms with Crippen molar-refractivity contribution < 1.29 is 14.3 Å². The van der Waals surface area contributed by atoms with E-state index in [1.165, 1.54) is 0 Å². The van der Waals surface area contributed by atoms with Crippen LogP contribution in [0.15, 0.2) is 72.8 Å². The highest BCUT2D eigenvalue weighted by Gasteiger charge is 2.37. The van der Waals surface area contributed by atoms with E-state index in [1.807, 2.05) is 65.6 Å². The lowest BCUT2D eigenvalue weighted by Crippen LogP contribution is -2.41. The molecule has 3 aromatic rings. The first-order valence-electron chi connectivity index (χ1n) is 11.1. The number of fused-ring (bicyclic) bond motifs is 1. The molecule has 1 aliphatic rings. The number of ether oxygens (including phenoxy) is 2. The number of anilines is 1. The van der Waals surface area contributed by atoms with Gasteiger partial charge in [0.1, 0.15) is 24.2 Å². The van der Waals surface area contributed by atoms with Crippen molar-refractivity contribution >= 4 is 34.2 Å². The third kappa shape index (κ3) is 5.31. The number of nitriles is 1. The van der Waals surface area contributed by atoms with Gasteiger partial charge in [0.15, 0.2) is 0 Å². The molecule has 168 valence electrons. The molecule has 6 heteroatoms. The van der Waals surface area contributed by atoms with Crippen LogP contribution in [0.3, 0.4) is 0 Å². The fourth-order valence-corrected chi connectivity index (χ4v) is 4.47. The smallest absolute Gasteiger partial charge is 0.273 e. The lowest BCUT2D eigenvalue weighted by molar-refractivity contribution is -0.126. The van der Waals surface area contributed by atoms with E-state index in [2.05, 4.69) is 28.7 Å². The molecule has 1 aliphatic heterocycles. The highest BCUT2D eigenvalue weighted by Crippen LogP contribution is 2.42. The number of benzene rings is 3. The molecule has 33 heavy (non-hydrogen) atoms. The number of rotatable bonds is 9. The number of hydrogen-bond donors (Lipinski definition) is 0. The van der Waals surface area contributed by atoms with Gasteiger partial charge in [0.05, 0.1) is 11.3 Å². The second-order valence-electron chi connectivity index (χ2n) is 7.82. The monoisotopic (exact) mass is 552 g/mol. The normalized spacial score (nSPS) is 14.8. The Morgan fingerprint density at radius 2 is 1.76 bits per heavy atom. The van der Waals surface area contributed by atoms with Gasteiger partial charge < -0.3 is 14.4 Å². The van der Waals surface area contributed by atoms with E-state index in [9.17, 15) is 10.1 Å². The molecule has 1 atom stereocenters. The van der Waals surface area contributed by atoms with Crippen LogP contribution in [0, 0.1) is 11.3 Å². The standard InChI is InChI=1S/C27H25IN2O3/c28-16-7-2-8-17-30-23-14-5-6-15-24(23)33-26(27(30)31)22-13-9-12-21(18-29)25(22)32-19-20-10-3-1-4-11-20/h1,3-6,9-15,26H,2,7-8,16-17,19H2/t26-/m0/s1. The number of unbranched alkanes of at least 4 members (excludes halogenated alkanes) is 2. The minimum Gasteiger partial charge on any atom is -0.487 e. The van der Waals surface area contributed by atoms with E-state index in [0.29, 0.717) is 35.8 Å². The Morgan fingerprint density at radius 1 is 0.970 bits per heavy atom. The Kier molecular flexibility index (Phi) is 7.84. The first-order valence-corrected chi connectivity index (χ1v) is 12.6. The predicted molar refractivity (Wildman–Crippen MR) is 137 cm³/mol. The zero-order valence-electron chi connectivity index (χ0n) is 18.2. The van der Waals surface area contributed by atoms with Crippen molar-refractivity contribution in [3.05, 3.63) is 89.5 Å². The SMILES string of the molecule is N#Cc1cccc([C@@H]2Oc3ccccc3N(CCCCCI)C2=O)c1OCc1ccccc1. The Labute approximate surface area is 208 Å². The van der Waals surface area contributed by atoms with Gasteiger partial charge in [0.25, 0.3) is 5.91 Å². The van der Waals surface area contributed by atoms with Gasteiger partial charge in [-0.05, 0) is 41.0 Å². The molecule has 0 radical (unpaired) electrons. The van der Waals surface area contributed by atoms with Gasteiger partial charge >= 0.3 is 0 Å². The molecule has 3 aromatic carbocycles. The zero-order chi connectivity index (χ0) is 23.0.